The molecule has 1 saturated carbocycles. The molecule has 0 atom stereocenters. The lowest BCUT2D eigenvalue weighted by molar-refractivity contribution is -0.145. The molecule has 0 aromatic carbocycles. The third-order valence-electron chi connectivity index (χ3n) is 4.24. The first-order valence-electron chi connectivity index (χ1n) is 7.23. The lowest BCUT2D eigenvalue weighted by Crippen LogP contribution is -2.55. The van der Waals surface area contributed by atoms with Gasteiger partial charge < -0.3 is 14.8 Å². The fourth-order valence-electron chi connectivity index (χ4n) is 3.02. The Morgan fingerprint density at radius 2 is 1.95 bits per heavy atom. The van der Waals surface area contributed by atoms with Crippen LogP contribution in [0.15, 0.2) is 36.7 Å². The molecule has 2 N–H and O–H groups in total. The highest BCUT2D eigenvalue weighted by molar-refractivity contribution is 5.99. The van der Waals surface area contributed by atoms with Crippen molar-refractivity contribution in [3.8, 4) is 0 Å². The maximum Gasteiger partial charge on any atom is 0.329 e. The summed E-state index contributed by atoms with van der Waals surface area (Å²) >= 11 is 0. The first kappa shape index (κ1) is 13.7. The Labute approximate surface area is 122 Å². The predicted molar refractivity (Wildman–Crippen MR) is 78.3 cm³/mol. The van der Waals surface area contributed by atoms with Gasteiger partial charge in [-0.15, -0.1) is 0 Å². The number of aliphatic carboxylic acids is 1. The van der Waals surface area contributed by atoms with Crippen molar-refractivity contribution in [3.05, 3.63) is 42.2 Å². The van der Waals surface area contributed by atoms with Crippen LogP contribution < -0.4 is 5.32 Å². The van der Waals surface area contributed by atoms with Gasteiger partial charge in [0.25, 0.3) is 5.91 Å². The molecular formula is C16H18N2O3. The fourth-order valence-corrected chi connectivity index (χ4v) is 3.02. The third-order valence-corrected chi connectivity index (χ3v) is 4.24. The molecule has 1 aliphatic rings. The normalized spacial score (nSPS) is 17.5. The Balaban J connectivity index is 1.85. The quantitative estimate of drug-likeness (QED) is 0.910. The Hall–Kier alpha value is -2.30. The molecule has 2 aromatic heterocycles. The van der Waals surface area contributed by atoms with E-state index in [1.165, 1.54) is 0 Å². The zero-order chi connectivity index (χ0) is 14.9. The molecule has 0 aliphatic heterocycles. The fraction of sp³-hybridized carbons (Fsp3) is 0.375. The van der Waals surface area contributed by atoms with Crippen LogP contribution >= 0.6 is 0 Å². The summed E-state index contributed by atoms with van der Waals surface area (Å²) in [7, 11) is 0. The number of carbonyl (C=O) groups excluding carboxylic acids is 1. The Kier molecular flexibility index (Phi) is 3.41. The Bertz CT molecular complexity index is 651. The van der Waals surface area contributed by atoms with Gasteiger partial charge in [-0.3, -0.25) is 4.79 Å². The van der Waals surface area contributed by atoms with Gasteiger partial charge in [0.2, 0.25) is 0 Å². The molecule has 1 fully saturated rings. The zero-order valence-electron chi connectivity index (χ0n) is 11.7. The average Bonchev–Trinajstić information content (AvgIpc) is 2.92. The SMILES string of the molecule is O=C(NC1(C(=O)O)CCCCC1)c1cc2ccccn2c1. The number of fused-ring (bicyclic) bond motifs is 1. The highest BCUT2D eigenvalue weighted by atomic mass is 16.4. The summed E-state index contributed by atoms with van der Waals surface area (Å²) in [6, 6.07) is 7.46. The number of hydrogen-bond donors (Lipinski definition) is 2. The number of carboxylic acid groups (broad SMARTS) is 1. The largest absolute Gasteiger partial charge is 0.480 e. The van der Waals surface area contributed by atoms with E-state index in [4.69, 9.17) is 0 Å². The van der Waals surface area contributed by atoms with Crippen molar-refractivity contribution < 1.29 is 14.7 Å². The van der Waals surface area contributed by atoms with Crippen molar-refractivity contribution in [2.75, 3.05) is 0 Å². The molecular weight excluding hydrogens is 268 g/mol. The lowest BCUT2D eigenvalue weighted by atomic mass is 9.81. The van der Waals surface area contributed by atoms with Crippen molar-refractivity contribution in [1.82, 2.24) is 9.72 Å². The van der Waals surface area contributed by atoms with E-state index < -0.39 is 11.5 Å². The summed E-state index contributed by atoms with van der Waals surface area (Å²) in [4.78, 5) is 24.0. The van der Waals surface area contributed by atoms with Crippen molar-refractivity contribution in [2.24, 2.45) is 0 Å². The van der Waals surface area contributed by atoms with E-state index in [1.54, 1.807) is 12.3 Å². The monoisotopic (exact) mass is 286 g/mol. The summed E-state index contributed by atoms with van der Waals surface area (Å²) in [6.45, 7) is 0. The predicted octanol–water partition coefficient (Wildman–Crippen LogP) is 2.46. The van der Waals surface area contributed by atoms with E-state index in [9.17, 15) is 14.7 Å². The molecule has 21 heavy (non-hydrogen) atoms. The van der Waals surface area contributed by atoms with Crippen molar-refractivity contribution >= 4 is 17.4 Å². The molecule has 1 aliphatic carbocycles. The minimum absolute atomic E-state index is 0.317. The standard InChI is InChI=1S/C16H18N2O3/c19-14(12-10-13-6-2-5-9-18(13)11-12)17-16(15(20)21)7-3-1-4-8-16/h2,5-6,9-11H,1,3-4,7-8H2,(H,17,19)(H,20,21). The smallest absolute Gasteiger partial charge is 0.329 e. The number of nitrogens with one attached hydrogen (secondary N) is 1. The molecule has 1 amide bonds. The number of aromatic nitrogens is 1. The highest BCUT2D eigenvalue weighted by Gasteiger charge is 2.41. The second-order valence-electron chi connectivity index (χ2n) is 5.66. The van der Waals surface area contributed by atoms with Crippen LogP contribution in [0.1, 0.15) is 42.5 Å². The number of carbonyl (C=O) groups is 2. The number of rotatable bonds is 3. The molecule has 2 heterocycles. The minimum Gasteiger partial charge on any atom is -0.480 e. The van der Waals surface area contributed by atoms with Gasteiger partial charge in [0.15, 0.2) is 0 Å². The van der Waals surface area contributed by atoms with Gasteiger partial charge in [-0.25, -0.2) is 4.79 Å². The van der Waals surface area contributed by atoms with E-state index in [1.807, 2.05) is 28.8 Å². The maximum absolute atomic E-state index is 12.4. The second-order valence-corrected chi connectivity index (χ2v) is 5.66. The second kappa shape index (κ2) is 5.24. The van der Waals surface area contributed by atoms with Crippen LogP contribution in [0.5, 0.6) is 0 Å². The molecule has 5 heteroatoms. The van der Waals surface area contributed by atoms with Crippen LogP contribution in [-0.2, 0) is 4.79 Å². The Morgan fingerprint density at radius 3 is 2.62 bits per heavy atom. The van der Waals surface area contributed by atoms with Crippen LogP contribution in [-0.4, -0.2) is 26.9 Å². The number of amides is 1. The van der Waals surface area contributed by atoms with Gasteiger partial charge in [0, 0.05) is 17.9 Å². The molecule has 0 saturated heterocycles. The molecule has 0 radical (unpaired) electrons. The van der Waals surface area contributed by atoms with E-state index in [0.29, 0.717) is 18.4 Å². The summed E-state index contributed by atoms with van der Waals surface area (Å²) in [5.41, 5.74) is 0.298. The Morgan fingerprint density at radius 1 is 1.19 bits per heavy atom. The van der Waals surface area contributed by atoms with Gasteiger partial charge in [-0.2, -0.15) is 0 Å². The molecule has 0 unspecified atom stereocenters. The zero-order valence-corrected chi connectivity index (χ0v) is 11.7. The van der Waals surface area contributed by atoms with E-state index in [0.717, 1.165) is 24.8 Å². The topological polar surface area (TPSA) is 70.8 Å². The minimum atomic E-state index is -1.11. The van der Waals surface area contributed by atoms with E-state index in [2.05, 4.69) is 5.32 Å². The van der Waals surface area contributed by atoms with Crippen LogP contribution in [0, 0.1) is 0 Å². The van der Waals surface area contributed by atoms with Crippen LogP contribution in [0.25, 0.3) is 5.52 Å². The van der Waals surface area contributed by atoms with Crippen molar-refractivity contribution in [2.45, 2.75) is 37.6 Å². The first-order chi connectivity index (χ1) is 10.1. The van der Waals surface area contributed by atoms with Crippen LogP contribution in [0.4, 0.5) is 0 Å². The van der Waals surface area contributed by atoms with Crippen LogP contribution in [0.3, 0.4) is 0 Å². The lowest BCUT2D eigenvalue weighted by Gasteiger charge is -2.33. The first-order valence-corrected chi connectivity index (χ1v) is 7.23. The molecule has 2 aromatic rings. The van der Waals surface area contributed by atoms with Gasteiger partial charge in [0.05, 0.1) is 5.56 Å². The summed E-state index contributed by atoms with van der Waals surface area (Å²) in [5, 5.41) is 12.3. The third kappa shape index (κ3) is 2.51. The number of carboxylic acids is 1. The molecule has 0 bridgehead atoms. The maximum atomic E-state index is 12.4. The van der Waals surface area contributed by atoms with E-state index >= 15 is 0 Å². The van der Waals surface area contributed by atoms with Gasteiger partial charge >= 0.3 is 5.97 Å². The van der Waals surface area contributed by atoms with Crippen LogP contribution in [0.2, 0.25) is 0 Å². The molecule has 110 valence electrons. The molecule has 0 spiro atoms. The molecule has 5 nitrogen and oxygen atoms in total. The summed E-state index contributed by atoms with van der Waals surface area (Å²) in [6.07, 6.45) is 7.29. The van der Waals surface area contributed by atoms with Crippen molar-refractivity contribution in [1.29, 1.82) is 0 Å². The summed E-state index contributed by atoms with van der Waals surface area (Å²) < 4.78 is 1.85. The average molecular weight is 286 g/mol. The van der Waals surface area contributed by atoms with Gasteiger partial charge in [-0.1, -0.05) is 25.3 Å². The van der Waals surface area contributed by atoms with E-state index in [-0.39, 0.29) is 5.91 Å². The molecule has 3 rings (SSSR count). The number of nitrogens with zero attached hydrogens (tertiary/aromatic N) is 1. The van der Waals surface area contributed by atoms with Gasteiger partial charge in [-0.05, 0) is 31.0 Å². The van der Waals surface area contributed by atoms with Crippen molar-refractivity contribution in [3.63, 3.8) is 0 Å². The van der Waals surface area contributed by atoms with Gasteiger partial charge in [0.1, 0.15) is 5.54 Å². The number of hydrogen-bond acceptors (Lipinski definition) is 2. The summed E-state index contributed by atoms with van der Waals surface area (Å²) in [5.74, 6) is -1.25. The number of pyridine rings is 1. The highest BCUT2D eigenvalue weighted by Crippen LogP contribution is 2.29.